The molecule has 0 aliphatic rings. The van der Waals surface area contributed by atoms with E-state index < -0.39 is 0 Å². The average Bonchev–Trinajstić information content (AvgIpc) is 2.10. The molecule has 0 heterocycles. The molecule has 0 atom stereocenters. The van der Waals surface area contributed by atoms with Gasteiger partial charge in [-0.3, -0.25) is 0 Å². The molecule has 3 heteroatoms. The standard InChI is InChI=1S/C9H17BrClN/c1-9(7-11)8-12-6-4-2-3-5-10/h7,12H,2-6,8H2,1H3. The van der Waals surface area contributed by atoms with Gasteiger partial charge in [0, 0.05) is 17.4 Å². The Morgan fingerprint density at radius 3 is 2.75 bits per heavy atom. The molecule has 0 amide bonds. The predicted octanol–water partition coefficient (Wildman–Crippen LogP) is 3.28. The molecule has 0 spiro atoms. The minimum Gasteiger partial charge on any atom is -0.313 e. The lowest BCUT2D eigenvalue weighted by atomic mass is 10.2. The second kappa shape index (κ2) is 9.56. The largest absolute Gasteiger partial charge is 0.313 e. The highest BCUT2D eigenvalue weighted by molar-refractivity contribution is 9.09. The number of alkyl halides is 1. The summed E-state index contributed by atoms with van der Waals surface area (Å²) in [4.78, 5) is 0. The van der Waals surface area contributed by atoms with E-state index in [0.29, 0.717) is 0 Å². The molecule has 0 aliphatic heterocycles. The van der Waals surface area contributed by atoms with Crippen molar-refractivity contribution in [3.05, 3.63) is 11.1 Å². The van der Waals surface area contributed by atoms with Gasteiger partial charge in [0.15, 0.2) is 0 Å². The van der Waals surface area contributed by atoms with Crippen LogP contribution < -0.4 is 5.32 Å². The maximum Gasteiger partial charge on any atom is 0.0173 e. The summed E-state index contributed by atoms with van der Waals surface area (Å²) in [6.07, 6.45) is 3.81. The molecule has 0 aromatic carbocycles. The van der Waals surface area contributed by atoms with E-state index in [-0.39, 0.29) is 0 Å². The van der Waals surface area contributed by atoms with Crippen molar-refractivity contribution in [1.29, 1.82) is 0 Å². The lowest BCUT2D eigenvalue weighted by Gasteiger charge is -2.03. The van der Waals surface area contributed by atoms with E-state index in [4.69, 9.17) is 11.6 Å². The fourth-order valence-electron chi connectivity index (χ4n) is 0.845. The molecular formula is C9H17BrClN. The summed E-state index contributed by atoms with van der Waals surface area (Å²) in [5.74, 6) is 0. The van der Waals surface area contributed by atoms with E-state index in [9.17, 15) is 0 Å². The van der Waals surface area contributed by atoms with E-state index >= 15 is 0 Å². The van der Waals surface area contributed by atoms with Gasteiger partial charge in [0.2, 0.25) is 0 Å². The van der Waals surface area contributed by atoms with Crippen LogP contribution in [0.25, 0.3) is 0 Å². The molecule has 0 aromatic heterocycles. The molecule has 0 rings (SSSR count). The van der Waals surface area contributed by atoms with Gasteiger partial charge in [-0.2, -0.15) is 0 Å². The molecule has 0 aliphatic carbocycles. The van der Waals surface area contributed by atoms with Gasteiger partial charge < -0.3 is 5.32 Å². The number of hydrogen-bond acceptors (Lipinski definition) is 1. The van der Waals surface area contributed by atoms with Crippen LogP contribution in [0.4, 0.5) is 0 Å². The first-order chi connectivity index (χ1) is 5.81. The van der Waals surface area contributed by atoms with Gasteiger partial charge >= 0.3 is 0 Å². The fourth-order valence-corrected chi connectivity index (χ4v) is 1.32. The Kier molecular flexibility index (Phi) is 9.93. The molecule has 12 heavy (non-hydrogen) atoms. The molecule has 0 aromatic rings. The summed E-state index contributed by atoms with van der Waals surface area (Å²) in [5, 5.41) is 4.45. The summed E-state index contributed by atoms with van der Waals surface area (Å²) < 4.78 is 0. The summed E-state index contributed by atoms with van der Waals surface area (Å²) in [7, 11) is 0. The quantitative estimate of drug-likeness (QED) is 0.543. The third kappa shape index (κ3) is 8.57. The van der Waals surface area contributed by atoms with Crippen molar-refractivity contribution >= 4 is 27.5 Å². The van der Waals surface area contributed by atoms with Crippen molar-refractivity contribution in [3.8, 4) is 0 Å². The Morgan fingerprint density at radius 1 is 1.42 bits per heavy atom. The van der Waals surface area contributed by atoms with Crippen molar-refractivity contribution in [1.82, 2.24) is 5.32 Å². The SMILES string of the molecule is CC(=CCl)CNCCCCCBr. The summed E-state index contributed by atoms with van der Waals surface area (Å²) in [6.45, 7) is 4.03. The lowest BCUT2D eigenvalue weighted by Crippen LogP contribution is -2.17. The normalized spacial score (nSPS) is 12.1. The summed E-state index contributed by atoms with van der Waals surface area (Å²) in [5.41, 5.74) is 2.82. The van der Waals surface area contributed by atoms with E-state index in [2.05, 4.69) is 21.2 Å². The van der Waals surface area contributed by atoms with Crippen LogP contribution >= 0.6 is 27.5 Å². The molecule has 0 saturated heterocycles. The highest BCUT2D eigenvalue weighted by Gasteiger charge is 1.89. The second-order valence-corrected chi connectivity index (χ2v) is 3.89. The Labute approximate surface area is 88.7 Å². The minimum atomic E-state index is 0.914. The van der Waals surface area contributed by atoms with Crippen LogP contribution in [-0.2, 0) is 0 Å². The van der Waals surface area contributed by atoms with Crippen LogP contribution in [0.2, 0.25) is 0 Å². The summed E-state index contributed by atoms with van der Waals surface area (Å²) >= 11 is 8.91. The maximum atomic E-state index is 5.51. The zero-order valence-electron chi connectivity index (χ0n) is 7.58. The Morgan fingerprint density at radius 2 is 2.17 bits per heavy atom. The molecule has 0 bridgehead atoms. The number of unbranched alkanes of at least 4 members (excludes halogenated alkanes) is 2. The highest BCUT2D eigenvalue weighted by Crippen LogP contribution is 1.97. The maximum absolute atomic E-state index is 5.51. The van der Waals surface area contributed by atoms with Gasteiger partial charge in [-0.1, -0.05) is 34.0 Å². The molecule has 0 unspecified atom stereocenters. The third-order valence-corrected chi connectivity index (χ3v) is 2.51. The van der Waals surface area contributed by atoms with Crippen LogP contribution in [0.3, 0.4) is 0 Å². The van der Waals surface area contributed by atoms with Crippen molar-refractivity contribution < 1.29 is 0 Å². The van der Waals surface area contributed by atoms with Gasteiger partial charge in [0.1, 0.15) is 0 Å². The zero-order valence-corrected chi connectivity index (χ0v) is 9.92. The second-order valence-electron chi connectivity index (χ2n) is 2.88. The Bertz CT molecular complexity index is 126. The molecule has 1 nitrogen and oxygen atoms in total. The molecule has 0 fully saturated rings. The molecule has 72 valence electrons. The molecule has 0 radical (unpaired) electrons. The van der Waals surface area contributed by atoms with Gasteiger partial charge in [-0.15, -0.1) is 0 Å². The monoisotopic (exact) mass is 253 g/mol. The topological polar surface area (TPSA) is 12.0 Å². The van der Waals surface area contributed by atoms with Crippen LogP contribution in [0.15, 0.2) is 11.1 Å². The minimum absolute atomic E-state index is 0.914. The lowest BCUT2D eigenvalue weighted by molar-refractivity contribution is 0.643. The van der Waals surface area contributed by atoms with Crippen molar-refractivity contribution in [3.63, 3.8) is 0 Å². The smallest absolute Gasteiger partial charge is 0.0173 e. The van der Waals surface area contributed by atoms with Gasteiger partial charge in [0.25, 0.3) is 0 Å². The molecular weight excluding hydrogens is 237 g/mol. The Hall–Kier alpha value is 0.470. The first-order valence-electron chi connectivity index (χ1n) is 4.33. The van der Waals surface area contributed by atoms with Crippen molar-refractivity contribution in [2.75, 3.05) is 18.4 Å². The van der Waals surface area contributed by atoms with E-state index in [1.54, 1.807) is 5.54 Å². The number of nitrogens with one attached hydrogen (secondary N) is 1. The molecule has 0 saturated carbocycles. The van der Waals surface area contributed by atoms with Gasteiger partial charge in [-0.05, 0) is 31.9 Å². The number of halogens is 2. The van der Waals surface area contributed by atoms with Crippen LogP contribution in [0, 0.1) is 0 Å². The van der Waals surface area contributed by atoms with Gasteiger partial charge in [0.05, 0.1) is 0 Å². The third-order valence-electron chi connectivity index (χ3n) is 1.58. The van der Waals surface area contributed by atoms with Crippen LogP contribution in [0.5, 0.6) is 0 Å². The van der Waals surface area contributed by atoms with E-state index in [0.717, 1.165) is 18.4 Å². The van der Waals surface area contributed by atoms with Gasteiger partial charge in [-0.25, -0.2) is 0 Å². The predicted molar refractivity (Wildman–Crippen MR) is 60.1 cm³/mol. The van der Waals surface area contributed by atoms with Crippen molar-refractivity contribution in [2.45, 2.75) is 26.2 Å². The van der Waals surface area contributed by atoms with Crippen LogP contribution in [0.1, 0.15) is 26.2 Å². The highest BCUT2D eigenvalue weighted by atomic mass is 79.9. The first kappa shape index (κ1) is 12.5. The zero-order chi connectivity index (χ0) is 9.23. The van der Waals surface area contributed by atoms with E-state index in [1.807, 2.05) is 6.92 Å². The Balaban J connectivity index is 3.00. The van der Waals surface area contributed by atoms with Crippen molar-refractivity contribution in [2.24, 2.45) is 0 Å². The average molecular weight is 255 g/mol. The first-order valence-corrected chi connectivity index (χ1v) is 5.89. The number of hydrogen-bond donors (Lipinski definition) is 1. The fraction of sp³-hybridized carbons (Fsp3) is 0.778. The van der Waals surface area contributed by atoms with E-state index in [1.165, 1.54) is 24.8 Å². The summed E-state index contributed by atoms with van der Waals surface area (Å²) in [6, 6.07) is 0. The molecule has 1 N–H and O–H groups in total. The van der Waals surface area contributed by atoms with Crippen LogP contribution in [-0.4, -0.2) is 18.4 Å². The number of rotatable bonds is 7.